The van der Waals surface area contributed by atoms with Gasteiger partial charge in [-0.1, -0.05) is 38.1 Å². The lowest BCUT2D eigenvalue weighted by Gasteiger charge is -2.26. The molecule has 1 N–H and O–H groups in total. The average molecular weight is 481 g/mol. The van der Waals surface area contributed by atoms with Gasteiger partial charge < -0.3 is 24.4 Å². The number of nitrogens with zero attached hydrogens (tertiary/aromatic N) is 2. The molecule has 0 saturated carbocycles. The molecule has 3 rings (SSSR count). The molecule has 1 aliphatic rings. The fourth-order valence-electron chi connectivity index (χ4n) is 4.11. The SMILES string of the molecule is CCOc1cccc(C2/C(=C(/O)c3cccc(OCC(C)C)c3)C(=O)C(=O)N2CCCN(C)C)c1. The van der Waals surface area contributed by atoms with E-state index < -0.39 is 17.7 Å². The number of ether oxygens (including phenoxy) is 2. The van der Waals surface area contributed by atoms with Gasteiger partial charge in [-0.15, -0.1) is 0 Å². The third-order valence-corrected chi connectivity index (χ3v) is 5.72. The number of carbonyl (C=O) groups is 2. The van der Waals surface area contributed by atoms with Crippen LogP contribution in [0.25, 0.3) is 5.76 Å². The van der Waals surface area contributed by atoms with Crippen LogP contribution in [0.1, 0.15) is 44.4 Å². The van der Waals surface area contributed by atoms with E-state index in [-0.39, 0.29) is 11.3 Å². The van der Waals surface area contributed by atoms with Gasteiger partial charge in [0.1, 0.15) is 17.3 Å². The summed E-state index contributed by atoms with van der Waals surface area (Å²) in [6, 6.07) is 13.6. The summed E-state index contributed by atoms with van der Waals surface area (Å²) < 4.78 is 11.5. The van der Waals surface area contributed by atoms with E-state index in [2.05, 4.69) is 13.8 Å². The van der Waals surface area contributed by atoms with Gasteiger partial charge in [0.05, 0.1) is 24.8 Å². The van der Waals surface area contributed by atoms with Crippen LogP contribution in [0.4, 0.5) is 0 Å². The average Bonchev–Trinajstić information content (AvgIpc) is 3.07. The van der Waals surface area contributed by atoms with E-state index in [4.69, 9.17) is 9.47 Å². The van der Waals surface area contributed by atoms with Crippen molar-refractivity contribution < 1.29 is 24.2 Å². The molecular formula is C28H36N2O5. The molecule has 1 heterocycles. The molecule has 35 heavy (non-hydrogen) atoms. The lowest BCUT2D eigenvalue weighted by atomic mass is 9.95. The Morgan fingerprint density at radius 2 is 1.74 bits per heavy atom. The molecule has 2 aromatic carbocycles. The summed E-state index contributed by atoms with van der Waals surface area (Å²) in [4.78, 5) is 30.0. The Morgan fingerprint density at radius 1 is 1.06 bits per heavy atom. The minimum absolute atomic E-state index is 0.0783. The maximum atomic E-state index is 13.2. The van der Waals surface area contributed by atoms with Crippen LogP contribution in [-0.2, 0) is 9.59 Å². The van der Waals surface area contributed by atoms with Crippen molar-refractivity contribution in [3.63, 3.8) is 0 Å². The van der Waals surface area contributed by atoms with Crippen LogP contribution in [0, 0.1) is 5.92 Å². The van der Waals surface area contributed by atoms with Crippen LogP contribution >= 0.6 is 0 Å². The van der Waals surface area contributed by atoms with Crippen molar-refractivity contribution in [3.05, 3.63) is 65.2 Å². The predicted octanol–water partition coefficient (Wildman–Crippen LogP) is 4.49. The molecule has 2 aromatic rings. The fraction of sp³-hybridized carbons (Fsp3) is 0.429. The number of likely N-dealkylation sites (tertiary alicyclic amines) is 1. The van der Waals surface area contributed by atoms with Crippen LogP contribution in [0.3, 0.4) is 0 Å². The molecule has 1 unspecified atom stereocenters. The van der Waals surface area contributed by atoms with Crippen molar-refractivity contribution in [2.75, 3.05) is 40.4 Å². The summed E-state index contributed by atoms with van der Waals surface area (Å²) in [5.74, 6) is 0.0837. The summed E-state index contributed by atoms with van der Waals surface area (Å²) in [6.07, 6.45) is 0.695. The van der Waals surface area contributed by atoms with Crippen LogP contribution in [0.15, 0.2) is 54.1 Å². The van der Waals surface area contributed by atoms with Crippen molar-refractivity contribution in [2.45, 2.75) is 33.2 Å². The molecule has 1 aliphatic heterocycles. The number of amides is 1. The molecule has 7 heteroatoms. The van der Waals surface area contributed by atoms with Gasteiger partial charge in [0.25, 0.3) is 11.7 Å². The van der Waals surface area contributed by atoms with Crippen molar-refractivity contribution in [1.82, 2.24) is 9.80 Å². The Kier molecular flexibility index (Phi) is 8.93. The highest BCUT2D eigenvalue weighted by molar-refractivity contribution is 6.46. The van der Waals surface area contributed by atoms with E-state index in [9.17, 15) is 14.7 Å². The molecule has 188 valence electrons. The maximum Gasteiger partial charge on any atom is 0.295 e. The van der Waals surface area contributed by atoms with Gasteiger partial charge in [-0.2, -0.15) is 0 Å². The third kappa shape index (κ3) is 6.42. The van der Waals surface area contributed by atoms with E-state index in [0.717, 1.165) is 6.54 Å². The summed E-state index contributed by atoms with van der Waals surface area (Å²) in [5, 5.41) is 11.3. The summed E-state index contributed by atoms with van der Waals surface area (Å²) in [7, 11) is 3.93. The number of hydrogen-bond acceptors (Lipinski definition) is 6. The Bertz CT molecular complexity index is 1080. The van der Waals surface area contributed by atoms with Gasteiger partial charge in [-0.3, -0.25) is 9.59 Å². The highest BCUT2D eigenvalue weighted by Crippen LogP contribution is 2.40. The first-order valence-electron chi connectivity index (χ1n) is 12.1. The number of hydrogen-bond donors (Lipinski definition) is 1. The van der Waals surface area contributed by atoms with Gasteiger partial charge in [-0.25, -0.2) is 0 Å². The zero-order valence-electron chi connectivity index (χ0n) is 21.3. The summed E-state index contributed by atoms with van der Waals surface area (Å²) in [6.45, 7) is 8.19. The van der Waals surface area contributed by atoms with Crippen molar-refractivity contribution in [3.8, 4) is 11.5 Å². The molecule has 1 atom stereocenters. The van der Waals surface area contributed by atoms with E-state index >= 15 is 0 Å². The van der Waals surface area contributed by atoms with Crippen LogP contribution in [0.2, 0.25) is 0 Å². The first kappa shape index (κ1) is 26.3. The molecule has 7 nitrogen and oxygen atoms in total. The van der Waals surface area contributed by atoms with Gasteiger partial charge in [0.15, 0.2) is 0 Å². The molecule has 1 amide bonds. The van der Waals surface area contributed by atoms with E-state index in [1.807, 2.05) is 56.3 Å². The number of carbonyl (C=O) groups excluding carboxylic acids is 2. The van der Waals surface area contributed by atoms with Crippen LogP contribution < -0.4 is 9.47 Å². The van der Waals surface area contributed by atoms with Crippen molar-refractivity contribution in [2.24, 2.45) is 5.92 Å². The van der Waals surface area contributed by atoms with Crippen molar-refractivity contribution >= 4 is 17.4 Å². The maximum absolute atomic E-state index is 13.2. The van der Waals surface area contributed by atoms with Crippen LogP contribution in [-0.4, -0.2) is 67.0 Å². The highest BCUT2D eigenvalue weighted by atomic mass is 16.5. The number of aliphatic hydroxyl groups excluding tert-OH is 1. The molecule has 1 saturated heterocycles. The minimum atomic E-state index is -0.710. The second-order valence-electron chi connectivity index (χ2n) is 9.39. The van der Waals surface area contributed by atoms with Crippen LogP contribution in [0.5, 0.6) is 11.5 Å². The predicted molar refractivity (Wildman–Crippen MR) is 137 cm³/mol. The summed E-state index contributed by atoms with van der Waals surface area (Å²) >= 11 is 0. The zero-order chi connectivity index (χ0) is 25.5. The first-order valence-corrected chi connectivity index (χ1v) is 12.1. The third-order valence-electron chi connectivity index (χ3n) is 5.72. The van der Waals surface area contributed by atoms with E-state index in [1.54, 1.807) is 23.1 Å². The standard InChI is InChI=1S/C28H36N2O5/c1-6-34-22-12-7-10-20(16-22)25-24(27(32)28(33)30(25)15-9-14-29(4)5)26(31)21-11-8-13-23(17-21)35-18-19(2)3/h7-8,10-13,16-17,19,25,31H,6,9,14-15,18H2,1-5H3/b26-24-. The number of aliphatic hydroxyl groups is 1. The molecular weight excluding hydrogens is 444 g/mol. The number of rotatable bonds is 11. The molecule has 0 bridgehead atoms. The number of benzene rings is 2. The Balaban J connectivity index is 2.07. The second kappa shape index (κ2) is 11.9. The summed E-state index contributed by atoms with van der Waals surface area (Å²) in [5.41, 5.74) is 1.23. The normalized spacial score (nSPS) is 17.5. The van der Waals surface area contributed by atoms with Gasteiger partial charge in [0, 0.05) is 12.1 Å². The van der Waals surface area contributed by atoms with Gasteiger partial charge in [0.2, 0.25) is 0 Å². The molecule has 0 spiro atoms. The van der Waals surface area contributed by atoms with Gasteiger partial charge >= 0.3 is 0 Å². The molecule has 1 fully saturated rings. The lowest BCUT2D eigenvalue weighted by molar-refractivity contribution is -0.139. The van der Waals surface area contributed by atoms with E-state index in [0.29, 0.717) is 54.7 Å². The first-order chi connectivity index (χ1) is 16.7. The zero-order valence-corrected chi connectivity index (χ0v) is 21.3. The quantitative estimate of drug-likeness (QED) is 0.290. The van der Waals surface area contributed by atoms with Gasteiger partial charge in [-0.05, 0) is 69.7 Å². The topological polar surface area (TPSA) is 79.3 Å². The minimum Gasteiger partial charge on any atom is -0.507 e. The highest BCUT2D eigenvalue weighted by Gasteiger charge is 2.45. The molecule has 0 radical (unpaired) electrons. The Labute approximate surface area is 207 Å². The molecule has 0 aliphatic carbocycles. The lowest BCUT2D eigenvalue weighted by Crippen LogP contribution is -2.32. The largest absolute Gasteiger partial charge is 0.507 e. The number of ketones is 1. The monoisotopic (exact) mass is 480 g/mol. The molecule has 0 aromatic heterocycles. The van der Waals surface area contributed by atoms with Crippen molar-refractivity contribution in [1.29, 1.82) is 0 Å². The number of Topliss-reactive ketones (excluding diaryl/α,β-unsaturated/α-hetero) is 1. The smallest absolute Gasteiger partial charge is 0.295 e. The second-order valence-corrected chi connectivity index (χ2v) is 9.39. The van der Waals surface area contributed by atoms with E-state index in [1.165, 1.54) is 0 Å². The Hall–Kier alpha value is -3.32. The fourth-order valence-corrected chi connectivity index (χ4v) is 4.11. The Morgan fingerprint density at radius 3 is 2.40 bits per heavy atom.